The van der Waals surface area contributed by atoms with Crippen molar-refractivity contribution in [1.29, 1.82) is 0 Å². The predicted octanol–water partition coefficient (Wildman–Crippen LogP) is 0.520. The summed E-state index contributed by atoms with van der Waals surface area (Å²) in [6, 6.07) is 2.75. The Bertz CT molecular complexity index is 574. The van der Waals surface area contributed by atoms with Crippen molar-refractivity contribution in [2.75, 3.05) is 25.4 Å². The van der Waals surface area contributed by atoms with Gasteiger partial charge in [0.05, 0.1) is 17.2 Å². The molecule has 0 aromatic heterocycles. The van der Waals surface area contributed by atoms with Crippen molar-refractivity contribution in [2.24, 2.45) is 0 Å². The molecule has 1 rings (SSSR count). The summed E-state index contributed by atoms with van der Waals surface area (Å²) in [5, 5.41) is 17.9. The molecule has 0 aliphatic carbocycles. The van der Waals surface area contributed by atoms with E-state index in [9.17, 15) is 26.7 Å². The lowest BCUT2D eigenvalue weighted by Gasteiger charge is -2.22. The maximum absolute atomic E-state index is 12.4. The normalized spacial score (nSPS) is 12.8. The predicted molar refractivity (Wildman–Crippen MR) is 64.4 cm³/mol. The van der Waals surface area contributed by atoms with Crippen molar-refractivity contribution in [3.8, 4) is 5.75 Å². The number of nitrogens with two attached hydrogens (primary N) is 1. The number of rotatable bonds is 5. The van der Waals surface area contributed by atoms with Gasteiger partial charge in [-0.3, -0.25) is 0 Å². The van der Waals surface area contributed by atoms with Crippen LogP contribution in [0.1, 0.15) is 0 Å². The fraction of sp³-hybridized carbons (Fsp3) is 0.400. The summed E-state index contributed by atoms with van der Waals surface area (Å²) in [4.78, 5) is -0.495. The minimum atomic E-state index is -4.75. The number of phenolic OH excluding ortho intramolecular Hbond substituents is 1. The van der Waals surface area contributed by atoms with Crippen LogP contribution in [0.3, 0.4) is 0 Å². The number of nitrogen functional groups attached to an aromatic ring is 1. The quantitative estimate of drug-likeness (QED) is 0.543. The van der Waals surface area contributed by atoms with Crippen molar-refractivity contribution in [3.63, 3.8) is 0 Å². The Hall–Kier alpha value is -1.52. The molecule has 0 unspecified atom stereocenters. The third-order valence-electron chi connectivity index (χ3n) is 2.34. The highest BCUT2D eigenvalue weighted by Gasteiger charge is 2.36. The van der Waals surface area contributed by atoms with Crippen molar-refractivity contribution < 1.29 is 31.8 Å². The average molecular weight is 314 g/mol. The van der Waals surface area contributed by atoms with E-state index in [-0.39, 0.29) is 15.7 Å². The summed E-state index contributed by atoms with van der Waals surface area (Å²) in [7, 11) is -4.47. The zero-order valence-corrected chi connectivity index (χ0v) is 10.9. The number of aliphatic hydroxyl groups is 1. The van der Waals surface area contributed by atoms with Crippen molar-refractivity contribution in [1.82, 2.24) is 4.31 Å². The maximum atomic E-state index is 12.4. The maximum Gasteiger partial charge on any atom is 0.402 e. The first-order valence-corrected chi connectivity index (χ1v) is 6.78. The third kappa shape index (κ3) is 3.99. The summed E-state index contributed by atoms with van der Waals surface area (Å²) in [5.41, 5.74) is 5.04. The van der Waals surface area contributed by atoms with Crippen LogP contribution in [-0.4, -0.2) is 48.8 Å². The van der Waals surface area contributed by atoms with Gasteiger partial charge >= 0.3 is 6.18 Å². The molecule has 10 heteroatoms. The zero-order valence-electron chi connectivity index (χ0n) is 10.1. The Labute approximate surface area is 113 Å². The second-order valence-electron chi connectivity index (χ2n) is 3.90. The molecule has 0 radical (unpaired) electrons. The van der Waals surface area contributed by atoms with Crippen molar-refractivity contribution >= 4 is 15.7 Å². The lowest BCUT2D eigenvalue weighted by Crippen LogP contribution is -2.40. The van der Waals surface area contributed by atoms with Crippen LogP contribution in [-0.2, 0) is 10.0 Å². The minimum Gasteiger partial charge on any atom is -0.506 e. The summed E-state index contributed by atoms with van der Waals surface area (Å²) < 4.78 is 61.3. The topological polar surface area (TPSA) is 104 Å². The second kappa shape index (κ2) is 5.85. The van der Waals surface area contributed by atoms with Gasteiger partial charge < -0.3 is 15.9 Å². The molecule has 0 spiro atoms. The van der Waals surface area contributed by atoms with Gasteiger partial charge in [-0.25, -0.2) is 8.42 Å². The summed E-state index contributed by atoms with van der Waals surface area (Å²) in [6.07, 6.45) is -4.75. The van der Waals surface area contributed by atoms with Crippen LogP contribution >= 0.6 is 0 Å². The van der Waals surface area contributed by atoms with E-state index >= 15 is 0 Å². The standard InChI is InChI=1S/C10H13F3N2O4S/c11-10(12,13)6-15(3-4-16)20(18,19)7-1-2-9(17)8(14)5-7/h1-2,5,16-17H,3-4,6,14H2. The number of sulfonamides is 1. The van der Waals surface area contributed by atoms with Crippen molar-refractivity contribution in [3.05, 3.63) is 18.2 Å². The number of phenols is 1. The molecule has 0 bridgehead atoms. The largest absolute Gasteiger partial charge is 0.506 e. The first kappa shape index (κ1) is 16.5. The molecule has 6 nitrogen and oxygen atoms in total. The third-order valence-corrected chi connectivity index (χ3v) is 4.18. The van der Waals surface area contributed by atoms with Crippen LogP contribution in [0.25, 0.3) is 0 Å². The number of anilines is 1. The number of alkyl halides is 3. The first-order chi connectivity index (χ1) is 9.08. The van der Waals surface area contributed by atoms with E-state index in [1.165, 1.54) is 0 Å². The fourth-order valence-electron chi connectivity index (χ4n) is 1.44. The molecule has 4 N–H and O–H groups in total. The molecule has 114 valence electrons. The molecular formula is C10H13F3N2O4S. The van der Waals surface area contributed by atoms with Crippen LogP contribution in [0, 0.1) is 0 Å². The Morgan fingerprint density at radius 2 is 1.90 bits per heavy atom. The van der Waals surface area contributed by atoms with E-state index < -0.39 is 40.8 Å². The first-order valence-electron chi connectivity index (χ1n) is 5.34. The van der Waals surface area contributed by atoms with Gasteiger partial charge in [-0.05, 0) is 18.2 Å². The molecule has 0 saturated carbocycles. The molecule has 0 fully saturated rings. The van der Waals surface area contributed by atoms with Gasteiger partial charge in [0.25, 0.3) is 0 Å². The average Bonchev–Trinajstić information content (AvgIpc) is 2.30. The van der Waals surface area contributed by atoms with E-state index in [4.69, 9.17) is 10.8 Å². The van der Waals surface area contributed by atoms with E-state index in [2.05, 4.69) is 0 Å². The van der Waals surface area contributed by atoms with Crippen molar-refractivity contribution in [2.45, 2.75) is 11.1 Å². The van der Waals surface area contributed by atoms with Gasteiger partial charge in [-0.15, -0.1) is 0 Å². The molecule has 20 heavy (non-hydrogen) atoms. The van der Waals surface area contributed by atoms with Gasteiger partial charge in [-0.2, -0.15) is 17.5 Å². The van der Waals surface area contributed by atoms with E-state index in [1.54, 1.807) is 0 Å². The summed E-state index contributed by atoms with van der Waals surface area (Å²) in [5.74, 6) is -0.381. The lowest BCUT2D eigenvalue weighted by molar-refractivity contribution is -0.136. The fourth-order valence-corrected chi connectivity index (χ4v) is 2.89. The van der Waals surface area contributed by atoms with E-state index in [0.717, 1.165) is 18.2 Å². The molecule has 0 aliphatic heterocycles. The van der Waals surface area contributed by atoms with Gasteiger partial charge in [0.2, 0.25) is 10.0 Å². The minimum absolute atomic E-state index is 0.0961. The van der Waals surface area contributed by atoms with E-state index in [0.29, 0.717) is 0 Å². The Balaban J connectivity index is 3.18. The van der Waals surface area contributed by atoms with Gasteiger partial charge in [-0.1, -0.05) is 0 Å². The molecule has 0 heterocycles. The SMILES string of the molecule is Nc1cc(S(=O)(=O)N(CCO)CC(F)(F)F)ccc1O. The molecule has 0 atom stereocenters. The number of nitrogens with zero attached hydrogens (tertiary/aromatic N) is 1. The molecule has 0 amide bonds. The van der Waals surface area contributed by atoms with Crippen LogP contribution < -0.4 is 5.73 Å². The molecule has 0 aliphatic rings. The van der Waals surface area contributed by atoms with Crippen LogP contribution in [0.2, 0.25) is 0 Å². The number of hydrogen-bond donors (Lipinski definition) is 3. The highest BCUT2D eigenvalue weighted by atomic mass is 32.2. The Morgan fingerprint density at radius 3 is 2.35 bits per heavy atom. The zero-order chi connectivity index (χ0) is 15.6. The highest BCUT2D eigenvalue weighted by Crippen LogP contribution is 2.27. The highest BCUT2D eigenvalue weighted by molar-refractivity contribution is 7.89. The van der Waals surface area contributed by atoms with Crippen LogP contribution in [0.15, 0.2) is 23.1 Å². The Kier molecular flexibility index (Phi) is 4.84. The summed E-state index contributed by atoms with van der Waals surface area (Å²) in [6.45, 7) is -3.19. The van der Waals surface area contributed by atoms with Crippen LogP contribution in [0.5, 0.6) is 5.75 Å². The number of halogens is 3. The number of hydrogen-bond acceptors (Lipinski definition) is 5. The molecule has 0 saturated heterocycles. The molecular weight excluding hydrogens is 301 g/mol. The number of benzene rings is 1. The van der Waals surface area contributed by atoms with Gasteiger partial charge in [0, 0.05) is 6.54 Å². The number of aromatic hydroxyl groups is 1. The smallest absolute Gasteiger partial charge is 0.402 e. The molecule has 1 aromatic rings. The van der Waals surface area contributed by atoms with Gasteiger partial charge in [0.1, 0.15) is 12.3 Å². The van der Waals surface area contributed by atoms with E-state index in [1.807, 2.05) is 0 Å². The van der Waals surface area contributed by atoms with Crippen LogP contribution in [0.4, 0.5) is 18.9 Å². The molecule has 1 aromatic carbocycles. The van der Waals surface area contributed by atoms with Gasteiger partial charge in [0.15, 0.2) is 0 Å². The monoisotopic (exact) mass is 314 g/mol. The lowest BCUT2D eigenvalue weighted by atomic mass is 10.3. The summed E-state index contributed by atoms with van der Waals surface area (Å²) >= 11 is 0. The Morgan fingerprint density at radius 1 is 1.30 bits per heavy atom. The second-order valence-corrected chi connectivity index (χ2v) is 5.84. The number of aliphatic hydroxyl groups excluding tert-OH is 1.